The summed E-state index contributed by atoms with van der Waals surface area (Å²) in [7, 11) is 2.21. The Labute approximate surface area is 107 Å². The molecule has 0 amide bonds. The summed E-state index contributed by atoms with van der Waals surface area (Å²) in [4.78, 5) is 2.40. The minimum Gasteiger partial charge on any atom is -0.374 e. The number of alkyl halides is 1. The van der Waals surface area contributed by atoms with Crippen molar-refractivity contribution in [1.29, 1.82) is 0 Å². The topological polar surface area (TPSA) is 3.24 Å². The zero-order valence-electron chi connectivity index (χ0n) is 9.95. The van der Waals surface area contributed by atoms with Crippen LogP contribution in [0.5, 0.6) is 0 Å². The molecule has 1 aromatic rings. The SMILES string of the molecule is CN(CC1CCCC1)c1ccc(CBr)cc1. The Morgan fingerprint density at radius 1 is 1.19 bits per heavy atom. The van der Waals surface area contributed by atoms with Crippen LogP contribution in [0, 0.1) is 5.92 Å². The summed E-state index contributed by atoms with van der Waals surface area (Å²) in [6.45, 7) is 1.22. The molecule has 1 aromatic carbocycles. The molecule has 2 rings (SSSR count). The highest BCUT2D eigenvalue weighted by atomic mass is 79.9. The number of anilines is 1. The number of hydrogen-bond acceptors (Lipinski definition) is 1. The van der Waals surface area contributed by atoms with Crippen LogP contribution in [0.4, 0.5) is 5.69 Å². The molecule has 1 saturated carbocycles. The molecule has 0 N–H and O–H groups in total. The van der Waals surface area contributed by atoms with Crippen molar-refractivity contribution in [2.24, 2.45) is 5.92 Å². The Kier molecular flexibility index (Phi) is 4.28. The fraction of sp³-hybridized carbons (Fsp3) is 0.571. The fourth-order valence-corrected chi connectivity index (χ4v) is 2.90. The molecular formula is C14H20BrN. The van der Waals surface area contributed by atoms with Gasteiger partial charge in [0.15, 0.2) is 0 Å². The number of halogens is 1. The van der Waals surface area contributed by atoms with Gasteiger partial charge >= 0.3 is 0 Å². The van der Waals surface area contributed by atoms with Crippen molar-refractivity contribution in [3.63, 3.8) is 0 Å². The van der Waals surface area contributed by atoms with E-state index in [9.17, 15) is 0 Å². The molecule has 0 spiro atoms. The van der Waals surface area contributed by atoms with E-state index in [0.717, 1.165) is 11.2 Å². The molecule has 88 valence electrons. The highest BCUT2D eigenvalue weighted by Gasteiger charge is 2.16. The van der Waals surface area contributed by atoms with Gasteiger partial charge in [0.25, 0.3) is 0 Å². The van der Waals surface area contributed by atoms with Crippen molar-refractivity contribution < 1.29 is 0 Å². The molecule has 1 nitrogen and oxygen atoms in total. The third-order valence-electron chi connectivity index (χ3n) is 3.54. The molecule has 1 aliphatic carbocycles. The first-order valence-electron chi connectivity index (χ1n) is 6.15. The summed E-state index contributed by atoms with van der Waals surface area (Å²) in [5.41, 5.74) is 2.69. The van der Waals surface area contributed by atoms with Crippen molar-refractivity contribution in [3.8, 4) is 0 Å². The molecule has 2 heteroatoms. The van der Waals surface area contributed by atoms with Crippen molar-refractivity contribution in [2.45, 2.75) is 31.0 Å². The van der Waals surface area contributed by atoms with Gasteiger partial charge in [0, 0.05) is 24.6 Å². The monoisotopic (exact) mass is 281 g/mol. The van der Waals surface area contributed by atoms with Gasteiger partial charge in [0.2, 0.25) is 0 Å². The van der Waals surface area contributed by atoms with Crippen LogP contribution in [0.1, 0.15) is 31.2 Å². The van der Waals surface area contributed by atoms with Crippen LogP contribution >= 0.6 is 15.9 Å². The van der Waals surface area contributed by atoms with Crippen LogP contribution in [-0.4, -0.2) is 13.6 Å². The Hall–Kier alpha value is -0.500. The maximum absolute atomic E-state index is 3.48. The second kappa shape index (κ2) is 5.72. The second-order valence-electron chi connectivity index (χ2n) is 4.83. The first kappa shape index (κ1) is 12.0. The smallest absolute Gasteiger partial charge is 0.0363 e. The lowest BCUT2D eigenvalue weighted by Crippen LogP contribution is -2.23. The van der Waals surface area contributed by atoms with Gasteiger partial charge in [-0.25, -0.2) is 0 Å². The first-order valence-corrected chi connectivity index (χ1v) is 7.28. The number of benzene rings is 1. The van der Waals surface area contributed by atoms with Crippen molar-refractivity contribution in [1.82, 2.24) is 0 Å². The predicted octanol–water partition coefficient (Wildman–Crippen LogP) is 4.21. The van der Waals surface area contributed by atoms with Gasteiger partial charge in [-0.1, -0.05) is 40.9 Å². The second-order valence-corrected chi connectivity index (χ2v) is 5.39. The molecular weight excluding hydrogens is 262 g/mol. The van der Waals surface area contributed by atoms with Crippen LogP contribution in [0.2, 0.25) is 0 Å². The summed E-state index contributed by atoms with van der Waals surface area (Å²) in [6.07, 6.45) is 5.70. The normalized spacial score (nSPS) is 16.6. The molecule has 1 fully saturated rings. The van der Waals surface area contributed by atoms with E-state index in [4.69, 9.17) is 0 Å². The van der Waals surface area contributed by atoms with Crippen molar-refractivity contribution in [2.75, 3.05) is 18.5 Å². The Balaban J connectivity index is 1.94. The minimum atomic E-state index is 0.917. The zero-order chi connectivity index (χ0) is 11.4. The lowest BCUT2D eigenvalue weighted by molar-refractivity contribution is 0.547. The average molecular weight is 282 g/mol. The molecule has 0 atom stereocenters. The summed E-state index contributed by atoms with van der Waals surface area (Å²) in [5, 5.41) is 0.944. The molecule has 0 aliphatic heterocycles. The third-order valence-corrected chi connectivity index (χ3v) is 4.19. The van der Waals surface area contributed by atoms with E-state index < -0.39 is 0 Å². The number of hydrogen-bond donors (Lipinski definition) is 0. The van der Waals surface area contributed by atoms with Gasteiger partial charge < -0.3 is 4.90 Å². The summed E-state index contributed by atoms with van der Waals surface area (Å²) in [5.74, 6) is 0.917. The lowest BCUT2D eigenvalue weighted by atomic mass is 10.1. The van der Waals surface area contributed by atoms with Crippen LogP contribution in [0.15, 0.2) is 24.3 Å². The lowest BCUT2D eigenvalue weighted by Gasteiger charge is -2.23. The van der Waals surface area contributed by atoms with Crippen molar-refractivity contribution >= 4 is 21.6 Å². The van der Waals surface area contributed by atoms with Crippen LogP contribution < -0.4 is 4.90 Å². The van der Waals surface area contributed by atoms with E-state index in [1.165, 1.54) is 43.5 Å². The van der Waals surface area contributed by atoms with Crippen molar-refractivity contribution in [3.05, 3.63) is 29.8 Å². The van der Waals surface area contributed by atoms with E-state index in [1.807, 2.05) is 0 Å². The van der Waals surface area contributed by atoms with E-state index in [2.05, 4.69) is 52.1 Å². The van der Waals surface area contributed by atoms with E-state index in [-0.39, 0.29) is 0 Å². The summed E-state index contributed by atoms with van der Waals surface area (Å²) >= 11 is 3.48. The maximum atomic E-state index is 3.48. The van der Waals surface area contributed by atoms with Crippen LogP contribution in [0.25, 0.3) is 0 Å². The minimum absolute atomic E-state index is 0.917. The molecule has 0 radical (unpaired) electrons. The van der Waals surface area contributed by atoms with Gasteiger partial charge in [-0.2, -0.15) is 0 Å². The van der Waals surface area contributed by atoms with Gasteiger partial charge in [-0.05, 0) is 36.5 Å². The Morgan fingerprint density at radius 3 is 2.38 bits per heavy atom. The zero-order valence-corrected chi connectivity index (χ0v) is 11.5. The largest absolute Gasteiger partial charge is 0.374 e. The van der Waals surface area contributed by atoms with E-state index >= 15 is 0 Å². The molecule has 0 saturated heterocycles. The molecule has 1 aliphatic rings. The fourth-order valence-electron chi connectivity index (χ4n) is 2.53. The third kappa shape index (κ3) is 3.00. The van der Waals surface area contributed by atoms with Crippen LogP contribution in [0.3, 0.4) is 0 Å². The summed E-state index contributed by atoms with van der Waals surface area (Å²) < 4.78 is 0. The molecule has 0 unspecified atom stereocenters. The van der Waals surface area contributed by atoms with Gasteiger partial charge in [0.1, 0.15) is 0 Å². The Morgan fingerprint density at radius 2 is 1.81 bits per heavy atom. The maximum Gasteiger partial charge on any atom is 0.0363 e. The Bertz CT molecular complexity index is 314. The molecule has 0 heterocycles. The number of rotatable bonds is 4. The molecule has 0 bridgehead atoms. The highest BCUT2D eigenvalue weighted by Crippen LogP contribution is 2.27. The molecule has 16 heavy (non-hydrogen) atoms. The predicted molar refractivity (Wildman–Crippen MR) is 74.3 cm³/mol. The first-order chi connectivity index (χ1) is 7.79. The van der Waals surface area contributed by atoms with Gasteiger partial charge in [-0.3, -0.25) is 0 Å². The average Bonchev–Trinajstić information content (AvgIpc) is 2.82. The number of nitrogens with zero attached hydrogens (tertiary/aromatic N) is 1. The van der Waals surface area contributed by atoms with Gasteiger partial charge in [-0.15, -0.1) is 0 Å². The van der Waals surface area contributed by atoms with Crippen LogP contribution in [-0.2, 0) is 5.33 Å². The molecule has 0 aromatic heterocycles. The van der Waals surface area contributed by atoms with E-state index in [0.29, 0.717) is 0 Å². The van der Waals surface area contributed by atoms with E-state index in [1.54, 1.807) is 0 Å². The summed E-state index contributed by atoms with van der Waals surface area (Å²) in [6, 6.07) is 8.86. The highest BCUT2D eigenvalue weighted by molar-refractivity contribution is 9.08. The van der Waals surface area contributed by atoms with Gasteiger partial charge in [0.05, 0.1) is 0 Å². The quantitative estimate of drug-likeness (QED) is 0.748. The standard InChI is InChI=1S/C14H20BrN/c1-16(11-13-4-2-3-5-13)14-8-6-12(10-15)7-9-14/h6-9,13H,2-5,10-11H2,1H3.